The van der Waals surface area contributed by atoms with Crippen LogP contribution in [0.3, 0.4) is 0 Å². The Labute approximate surface area is 318 Å². The van der Waals surface area contributed by atoms with Gasteiger partial charge in [0.15, 0.2) is 0 Å². The molecule has 55 heavy (non-hydrogen) atoms. The highest BCUT2D eigenvalue weighted by Crippen LogP contribution is 2.65. The molecule has 2 aliphatic rings. The molecule has 2 aliphatic carbocycles. The van der Waals surface area contributed by atoms with Crippen molar-refractivity contribution in [2.45, 2.75) is 5.41 Å². The molecular formula is C51H32N4. The third kappa shape index (κ3) is 4.00. The van der Waals surface area contributed by atoms with Crippen molar-refractivity contribution < 1.29 is 0 Å². The largest absolute Gasteiger partial charge is 0.292 e. The summed E-state index contributed by atoms with van der Waals surface area (Å²) in [5.41, 5.74) is 18.1. The van der Waals surface area contributed by atoms with E-state index in [-0.39, 0.29) is 0 Å². The van der Waals surface area contributed by atoms with Gasteiger partial charge in [-0.1, -0.05) is 146 Å². The highest BCUT2D eigenvalue weighted by Gasteiger charge is 2.53. The van der Waals surface area contributed by atoms with Crippen molar-refractivity contribution in [1.82, 2.24) is 19.1 Å². The molecule has 12 rings (SSSR count). The summed E-state index contributed by atoms with van der Waals surface area (Å²) >= 11 is 0. The monoisotopic (exact) mass is 700 g/mol. The molecule has 4 heteroatoms. The number of hydrogen-bond acceptors (Lipinski definition) is 2. The van der Waals surface area contributed by atoms with Gasteiger partial charge in [0.05, 0.1) is 27.5 Å². The van der Waals surface area contributed by atoms with Gasteiger partial charge in [0.2, 0.25) is 0 Å². The Balaban J connectivity index is 1.18. The molecule has 0 amide bonds. The van der Waals surface area contributed by atoms with Crippen molar-refractivity contribution >= 4 is 22.1 Å². The molecule has 0 N–H and O–H groups in total. The Morgan fingerprint density at radius 3 is 1.15 bits per heavy atom. The standard InChI is InChI=1S/C51H32N4/c1-3-17-33(18-4-1)54-45-31-13-11-29-43(45)52-49(54)37-23-15-27-41-47(37)35-21-7-9-25-39(35)51(41)40-26-10-8-22-36(40)48-38(24-16-28-42(48)51)50-53-44-30-12-14-32-46(44)55(50)34-19-5-2-6-20-34/h1-32H. The zero-order chi connectivity index (χ0) is 36.1. The Morgan fingerprint density at radius 2 is 0.673 bits per heavy atom. The van der Waals surface area contributed by atoms with Crippen molar-refractivity contribution in [2.75, 3.05) is 0 Å². The topological polar surface area (TPSA) is 35.6 Å². The van der Waals surface area contributed by atoms with Crippen molar-refractivity contribution in [3.05, 3.63) is 216 Å². The maximum absolute atomic E-state index is 5.38. The Kier molecular flexibility index (Phi) is 6.23. The number of para-hydroxylation sites is 6. The van der Waals surface area contributed by atoms with E-state index in [0.717, 1.165) is 56.2 Å². The number of aromatic nitrogens is 4. The van der Waals surface area contributed by atoms with Crippen LogP contribution in [0.4, 0.5) is 0 Å². The van der Waals surface area contributed by atoms with Gasteiger partial charge in [-0.25, -0.2) is 9.97 Å². The van der Waals surface area contributed by atoms with E-state index < -0.39 is 5.41 Å². The summed E-state index contributed by atoms with van der Waals surface area (Å²) < 4.78 is 4.64. The average Bonchev–Trinajstić information content (AvgIpc) is 4.00. The third-order valence-corrected chi connectivity index (χ3v) is 11.8. The highest BCUT2D eigenvalue weighted by atomic mass is 15.1. The highest BCUT2D eigenvalue weighted by molar-refractivity contribution is 6.03. The summed E-state index contributed by atoms with van der Waals surface area (Å²) in [4.78, 5) is 10.8. The molecule has 0 unspecified atom stereocenters. The third-order valence-electron chi connectivity index (χ3n) is 11.8. The molecule has 2 heterocycles. The first kappa shape index (κ1) is 30.2. The number of nitrogens with zero attached hydrogens (tertiary/aromatic N) is 4. The van der Waals surface area contributed by atoms with E-state index in [1.807, 2.05) is 0 Å². The summed E-state index contributed by atoms with van der Waals surface area (Å²) in [6.07, 6.45) is 0. The van der Waals surface area contributed by atoms with E-state index in [2.05, 4.69) is 203 Å². The molecule has 4 nitrogen and oxygen atoms in total. The zero-order valence-corrected chi connectivity index (χ0v) is 29.8. The number of imidazole rings is 2. The van der Waals surface area contributed by atoms with E-state index in [0.29, 0.717) is 0 Å². The number of fused-ring (bicyclic) bond motifs is 12. The second-order valence-corrected chi connectivity index (χ2v) is 14.5. The van der Waals surface area contributed by atoms with Crippen LogP contribution in [-0.4, -0.2) is 19.1 Å². The van der Waals surface area contributed by atoms with Crippen LogP contribution in [0.1, 0.15) is 22.3 Å². The summed E-state index contributed by atoms with van der Waals surface area (Å²) in [6, 6.07) is 69.9. The van der Waals surface area contributed by atoms with Crippen LogP contribution in [0, 0.1) is 0 Å². The van der Waals surface area contributed by atoms with E-state index in [1.165, 1.54) is 44.5 Å². The van der Waals surface area contributed by atoms with Crippen molar-refractivity contribution in [2.24, 2.45) is 0 Å². The summed E-state index contributed by atoms with van der Waals surface area (Å²) in [6.45, 7) is 0. The molecule has 0 aliphatic heterocycles. The molecule has 0 saturated carbocycles. The molecule has 256 valence electrons. The molecule has 8 aromatic carbocycles. The van der Waals surface area contributed by atoms with Gasteiger partial charge >= 0.3 is 0 Å². The van der Waals surface area contributed by atoms with Gasteiger partial charge in [0, 0.05) is 22.5 Å². The first-order chi connectivity index (χ1) is 27.3. The minimum absolute atomic E-state index is 0.545. The summed E-state index contributed by atoms with van der Waals surface area (Å²) in [7, 11) is 0. The molecule has 10 aromatic rings. The van der Waals surface area contributed by atoms with Gasteiger partial charge in [0.1, 0.15) is 11.6 Å². The fourth-order valence-corrected chi connectivity index (χ4v) is 9.70. The van der Waals surface area contributed by atoms with Gasteiger partial charge in [-0.15, -0.1) is 0 Å². The fourth-order valence-electron chi connectivity index (χ4n) is 9.70. The lowest BCUT2D eigenvalue weighted by molar-refractivity contribution is 0.794. The smallest absolute Gasteiger partial charge is 0.146 e. The second kappa shape index (κ2) is 11.3. The van der Waals surface area contributed by atoms with Crippen LogP contribution < -0.4 is 0 Å². The maximum Gasteiger partial charge on any atom is 0.146 e. The van der Waals surface area contributed by atoms with Gasteiger partial charge in [0.25, 0.3) is 0 Å². The molecule has 1 spiro atoms. The summed E-state index contributed by atoms with van der Waals surface area (Å²) in [5, 5.41) is 0. The summed E-state index contributed by atoms with van der Waals surface area (Å²) in [5.74, 6) is 1.88. The van der Waals surface area contributed by atoms with Crippen LogP contribution >= 0.6 is 0 Å². The molecule has 0 radical (unpaired) electrons. The molecule has 0 saturated heterocycles. The van der Waals surface area contributed by atoms with Gasteiger partial charge < -0.3 is 0 Å². The average molecular weight is 701 g/mol. The molecule has 0 atom stereocenters. The molecular weight excluding hydrogens is 669 g/mol. The number of benzene rings is 8. The first-order valence-electron chi connectivity index (χ1n) is 18.9. The lowest BCUT2D eigenvalue weighted by atomic mass is 9.70. The minimum Gasteiger partial charge on any atom is -0.292 e. The SMILES string of the molecule is c1ccc(-n2c(-c3cccc4c3-c3ccccc3C43c4ccccc4-c4c(-c5nc6ccccc6n5-c5ccccc5)cccc43)nc3ccccc32)cc1. The van der Waals surface area contributed by atoms with Crippen LogP contribution in [0.5, 0.6) is 0 Å². The van der Waals surface area contributed by atoms with Gasteiger partial charge in [-0.2, -0.15) is 0 Å². The quantitative estimate of drug-likeness (QED) is 0.183. The van der Waals surface area contributed by atoms with Crippen molar-refractivity contribution in [3.8, 4) is 56.4 Å². The maximum atomic E-state index is 5.38. The van der Waals surface area contributed by atoms with Crippen molar-refractivity contribution in [3.63, 3.8) is 0 Å². The number of rotatable bonds is 4. The van der Waals surface area contributed by atoms with E-state index in [4.69, 9.17) is 9.97 Å². The number of hydrogen-bond donors (Lipinski definition) is 0. The fraction of sp³-hybridized carbons (Fsp3) is 0.0196. The predicted octanol–water partition coefficient (Wildman–Crippen LogP) is 12.0. The van der Waals surface area contributed by atoms with E-state index in [1.54, 1.807) is 0 Å². The Hall–Kier alpha value is -7.30. The van der Waals surface area contributed by atoms with E-state index >= 15 is 0 Å². The van der Waals surface area contributed by atoms with Crippen LogP contribution in [0.15, 0.2) is 194 Å². The van der Waals surface area contributed by atoms with E-state index in [9.17, 15) is 0 Å². The normalized spacial score (nSPS) is 13.2. The van der Waals surface area contributed by atoms with Gasteiger partial charge in [-0.3, -0.25) is 9.13 Å². The van der Waals surface area contributed by atoms with Crippen molar-refractivity contribution in [1.29, 1.82) is 0 Å². The first-order valence-corrected chi connectivity index (χ1v) is 18.9. The van der Waals surface area contributed by atoms with Gasteiger partial charge in [-0.05, 0) is 93.0 Å². The Morgan fingerprint density at radius 1 is 0.309 bits per heavy atom. The molecule has 0 fully saturated rings. The second-order valence-electron chi connectivity index (χ2n) is 14.5. The lowest BCUT2D eigenvalue weighted by Gasteiger charge is -2.30. The predicted molar refractivity (Wildman–Crippen MR) is 223 cm³/mol. The van der Waals surface area contributed by atoms with Crippen LogP contribution in [0.2, 0.25) is 0 Å². The Bertz CT molecular complexity index is 2940. The zero-order valence-electron chi connectivity index (χ0n) is 29.8. The molecule has 2 aromatic heterocycles. The van der Waals surface area contributed by atoms with Crippen LogP contribution in [-0.2, 0) is 5.41 Å². The lowest BCUT2D eigenvalue weighted by Crippen LogP contribution is -2.25. The minimum atomic E-state index is -0.545. The van der Waals surface area contributed by atoms with Crippen LogP contribution in [0.25, 0.3) is 78.5 Å². The molecule has 0 bridgehead atoms.